The fourth-order valence-electron chi connectivity index (χ4n) is 2.96. The van der Waals surface area contributed by atoms with E-state index in [1.54, 1.807) is 6.08 Å². The van der Waals surface area contributed by atoms with Crippen LogP contribution in [0, 0.1) is 0 Å². The number of carbonyl (C=O) groups excluding carboxylic acids is 1. The largest absolute Gasteiger partial charge is 0.458 e. The molecule has 3 rings (SSSR count). The number of nitrogens with zero attached hydrogens (tertiary/aromatic N) is 1. The second-order valence-corrected chi connectivity index (χ2v) is 6.10. The van der Waals surface area contributed by atoms with Gasteiger partial charge in [0.1, 0.15) is 6.61 Å². The van der Waals surface area contributed by atoms with Gasteiger partial charge >= 0.3 is 5.97 Å². The number of ether oxygens (including phenoxy) is 1. The lowest BCUT2D eigenvalue weighted by atomic mass is 10.1. The molecular formula is C21H23NO2. The van der Waals surface area contributed by atoms with Crippen LogP contribution in [0.3, 0.4) is 0 Å². The summed E-state index contributed by atoms with van der Waals surface area (Å²) in [6, 6.07) is 18.0. The van der Waals surface area contributed by atoms with Crippen molar-refractivity contribution < 1.29 is 9.53 Å². The van der Waals surface area contributed by atoms with Crippen molar-refractivity contribution in [1.82, 2.24) is 4.90 Å². The number of hydrogen-bond acceptors (Lipinski definition) is 3. The number of hydrogen-bond donors (Lipinski definition) is 0. The number of esters is 1. The molecular weight excluding hydrogens is 298 g/mol. The summed E-state index contributed by atoms with van der Waals surface area (Å²) in [5.74, 6) is -0.310. The highest BCUT2D eigenvalue weighted by atomic mass is 16.5. The summed E-state index contributed by atoms with van der Waals surface area (Å²) in [7, 11) is 0. The molecule has 0 amide bonds. The fraction of sp³-hybridized carbons (Fsp3) is 0.286. The summed E-state index contributed by atoms with van der Waals surface area (Å²) in [5, 5.41) is 0. The van der Waals surface area contributed by atoms with Gasteiger partial charge < -0.3 is 4.74 Å². The molecule has 1 aliphatic rings. The van der Waals surface area contributed by atoms with Crippen LogP contribution in [0.5, 0.6) is 0 Å². The van der Waals surface area contributed by atoms with E-state index in [0.29, 0.717) is 6.61 Å². The van der Waals surface area contributed by atoms with Crippen molar-refractivity contribution in [2.45, 2.75) is 26.0 Å². The number of carbonyl (C=O) groups is 1. The van der Waals surface area contributed by atoms with Crippen molar-refractivity contribution >= 4 is 12.0 Å². The molecule has 2 aromatic carbocycles. The first-order valence-corrected chi connectivity index (χ1v) is 8.50. The lowest BCUT2D eigenvalue weighted by molar-refractivity contribution is -0.138. The molecule has 0 aliphatic carbocycles. The van der Waals surface area contributed by atoms with Crippen molar-refractivity contribution in [3.05, 3.63) is 77.4 Å². The Morgan fingerprint density at radius 3 is 2.38 bits per heavy atom. The monoisotopic (exact) mass is 321 g/mol. The SMILES string of the molecule is O=C(/C=C/c1ccccc1)OCc1ccccc1CN1CCCC1. The Bertz CT molecular complexity index is 688. The maximum Gasteiger partial charge on any atom is 0.331 e. The van der Waals surface area contributed by atoms with E-state index in [9.17, 15) is 4.79 Å². The van der Waals surface area contributed by atoms with E-state index in [2.05, 4.69) is 11.0 Å². The molecule has 1 aliphatic heterocycles. The molecule has 124 valence electrons. The van der Waals surface area contributed by atoms with Gasteiger partial charge in [-0.3, -0.25) is 4.90 Å². The zero-order chi connectivity index (χ0) is 16.6. The van der Waals surface area contributed by atoms with E-state index in [1.165, 1.54) is 24.5 Å². The van der Waals surface area contributed by atoms with Gasteiger partial charge in [0.15, 0.2) is 0 Å². The highest BCUT2D eigenvalue weighted by Crippen LogP contribution is 2.17. The third-order valence-electron chi connectivity index (χ3n) is 4.29. The first kappa shape index (κ1) is 16.5. The quantitative estimate of drug-likeness (QED) is 0.594. The fourth-order valence-corrected chi connectivity index (χ4v) is 2.96. The molecule has 0 atom stereocenters. The highest BCUT2D eigenvalue weighted by molar-refractivity contribution is 5.87. The van der Waals surface area contributed by atoms with E-state index < -0.39 is 0 Å². The van der Waals surface area contributed by atoms with E-state index in [1.807, 2.05) is 48.5 Å². The molecule has 0 saturated carbocycles. The van der Waals surface area contributed by atoms with E-state index in [4.69, 9.17) is 4.74 Å². The molecule has 1 fully saturated rings. The van der Waals surface area contributed by atoms with Gasteiger partial charge in [0.2, 0.25) is 0 Å². The Kier molecular flexibility index (Phi) is 5.80. The maximum absolute atomic E-state index is 11.9. The highest BCUT2D eigenvalue weighted by Gasteiger charge is 2.13. The first-order chi connectivity index (χ1) is 11.8. The lowest BCUT2D eigenvalue weighted by Crippen LogP contribution is -2.19. The summed E-state index contributed by atoms with van der Waals surface area (Å²) < 4.78 is 5.41. The molecule has 0 bridgehead atoms. The average molecular weight is 321 g/mol. The van der Waals surface area contributed by atoms with Gasteiger partial charge in [0.05, 0.1) is 0 Å². The van der Waals surface area contributed by atoms with Crippen LogP contribution in [0.4, 0.5) is 0 Å². The van der Waals surface area contributed by atoms with Crippen LogP contribution >= 0.6 is 0 Å². The van der Waals surface area contributed by atoms with E-state index in [0.717, 1.165) is 30.8 Å². The van der Waals surface area contributed by atoms with Gasteiger partial charge in [-0.15, -0.1) is 0 Å². The van der Waals surface area contributed by atoms with Crippen LogP contribution in [0.2, 0.25) is 0 Å². The van der Waals surface area contributed by atoms with Crippen molar-refractivity contribution in [3.8, 4) is 0 Å². The third-order valence-corrected chi connectivity index (χ3v) is 4.29. The standard InChI is InChI=1S/C21H23NO2/c23-21(13-12-18-8-2-1-3-9-18)24-17-20-11-5-4-10-19(20)16-22-14-6-7-15-22/h1-5,8-13H,6-7,14-17H2/b13-12+. The van der Waals surface area contributed by atoms with Crippen molar-refractivity contribution in [3.63, 3.8) is 0 Å². The van der Waals surface area contributed by atoms with Crippen molar-refractivity contribution in [2.75, 3.05) is 13.1 Å². The summed E-state index contributed by atoms with van der Waals surface area (Å²) in [5.41, 5.74) is 3.33. The smallest absolute Gasteiger partial charge is 0.331 e. The van der Waals surface area contributed by atoms with Crippen molar-refractivity contribution in [2.24, 2.45) is 0 Å². The average Bonchev–Trinajstić information content (AvgIpc) is 3.13. The molecule has 0 spiro atoms. The molecule has 3 nitrogen and oxygen atoms in total. The van der Waals surface area contributed by atoms with Crippen molar-refractivity contribution in [1.29, 1.82) is 0 Å². The molecule has 3 heteroatoms. The van der Waals surface area contributed by atoms with Gasteiger partial charge in [-0.2, -0.15) is 0 Å². The molecule has 1 saturated heterocycles. The Labute approximate surface area is 143 Å². The Morgan fingerprint density at radius 2 is 1.62 bits per heavy atom. The minimum Gasteiger partial charge on any atom is -0.458 e. The van der Waals surface area contributed by atoms with Gasteiger partial charge in [-0.05, 0) is 48.7 Å². The maximum atomic E-state index is 11.9. The molecule has 24 heavy (non-hydrogen) atoms. The van der Waals surface area contributed by atoms with Gasteiger partial charge in [-0.1, -0.05) is 54.6 Å². The zero-order valence-corrected chi connectivity index (χ0v) is 13.9. The minimum atomic E-state index is -0.310. The molecule has 0 N–H and O–H groups in total. The number of benzene rings is 2. The third kappa shape index (κ3) is 4.80. The predicted molar refractivity (Wildman–Crippen MR) is 96.2 cm³/mol. The Hall–Kier alpha value is -2.39. The van der Waals surface area contributed by atoms with Crippen LogP contribution < -0.4 is 0 Å². The summed E-state index contributed by atoms with van der Waals surface area (Å²) in [6.45, 7) is 3.58. The first-order valence-electron chi connectivity index (χ1n) is 8.50. The molecule has 2 aromatic rings. The second kappa shape index (κ2) is 8.46. The molecule has 1 heterocycles. The van der Waals surface area contributed by atoms with E-state index >= 15 is 0 Å². The Balaban J connectivity index is 1.56. The second-order valence-electron chi connectivity index (χ2n) is 6.10. The van der Waals surface area contributed by atoms with Crippen LogP contribution in [-0.4, -0.2) is 24.0 Å². The lowest BCUT2D eigenvalue weighted by Gasteiger charge is -2.17. The van der Waals surface area contributed by atoms with Crippen LogP contribution in [0.1, 0.15) is 29.5 Å². The topological polar surface area (TPSA) is 29.5 Å². The normalized spacial score (nSPS) is 15.0. The molecule has 0 aromatic heterocycles. The predicted octanol–water partition coefficient (Wildman–Crippen LogP) is 4.04. The van der Waals surface area contributed by atoms with E-state index in [-0.39, 0.29) is 5.97 Å². The summed E-state index contributed by atoms with van der Waals surface area (Å²) in [6.07, 6.45) is 5.82. The molecule has 0 radical (unpaired) electrons. The Morgan fingerprint density at radius 1 is 0.958 bits per heavy atom. The summed E-state index contributed by atoms with van der Waals surface area (Å²) >= 11 is 0. The summed E-state index contributed by atoms with van der Waals surface area (Å²) in [4.78, 5) is 14.4. The number of rotatable bonds is 6. The minimum absolute atomic E-state index is 0.310. The number of likely N-dealkylation sites (tertiary alicyclic amines) is 1. The zero-order valence-electron chi connectivity index (χ0n) is 13.9. The van der Waals surface area contributed by atoms with Gasteiger partial charge in [0, 0.05) is 12.6 Å². The van der Waals surface area contributed by atoms with Crippen LogP contribution in [0.15, 0.2) is 60.7 Å². The van der Waals surface area contributed by atoms with Gasteiger partial charge in [-0.25, -0.2) is 4.79 Å². The van der Waals surface area contributed by atoms with Crippen LogP contribution in [0.25, 0.3) is 6.08 Å². The molecule has 0 unspecified atom stereocenters. The van der Waals surface area contributed by atoms with Gasteiger partial charge in [0.25, 0.3) is 0 Å². The van der Waals surface area contributed by atoms with Crippen LogP contribution in [-0.2, 0) is 22.7 Å².